The summed E-state index contributed by atoms with van der Waals surface area (Å²) in [4.78, 5) is 29.4. The summed E-state index contributed by atoms with van der Waals surface area (Å²) in [6, 6.07) is 3.80. The van der Waals surface area contributed by atoms with Gasteiger partial charge in [-0.15, -0.1) is 11.8 Å². The summed E-state index contributed by atoms with van der Waals surface area (Å²) >= 11 is 1.47. The molecule has 0 aliphatic carbocycles. The summed E-state index contributed by atoms with van der Waals surface area (Å²) in [5, 5.41) is 8.64. The summed E-state index contributed by atoms with van der Waals surface area (Å²) in [6.45, 7) is 4.37. The predicted octanol–water partition coefficient (Wildman–Crippen LogP) is 2.28. The third-order valence-electron chi connectivity index (χ3n) is 2.75. The van der Waals surface area contributed by atoms with Crippen molar-refractivity contribution in [1.82, 2.24) is 9.88 Å². The average Bonchev–Trinajstić information content (AvgIpc) is 2.41. The van der Waals surface area contributed by atoms with Gasteiger partial charge >= 0.3 is 5.97 Å². The fourth-order valence-electron chi connectivity index (χ4n) is 1.73. The van der Waals surface area contributed by atoms with E-state index in [4.69, 9.17) is 5.11 Å². The minimum Gasteiger partial charge on any atom is -0.481 e. The molecule has 5 nitrogen and oxygen atoms in total. The summed E-state index contributed by atoms with van der Waals surface area (Å²) < 4.78 is 0. The highest BCUT2D eigenvalue weighted by Gasteiger charge is 2.17. The summed E-state index contributed by atoms with van der Waals surface area (Å²) in [5.41, 5.74) is 0. The van der Waals surface area contributed by atoms with Crippen molar-refractivity contribution in [2.45, 2.75) is 37.6 Å². The molecule has 0 fully saturated rings. The number of carbonyl (C=O) groups excluding carboxylic acids is 1. The molecular weight excluding hydrogens is 276 g/mol. The average molecular weight is 296 g/mol. The first-order valence-corrected chi connectivity index (χ1v) is 7.53. The quantitative estimate of drug-likeness (QED) is 0.745. The van der Waals surface area contributed by atoms with Crippen LogP contribution in [0, 0.1) is 0 Å². The first-order valence-electron chi connectivity index (χ1n) is 6.54. The number of aliphatic carboxylic acids is 1. The molecule has 0 bridgehead atoms. The smallest absolute Gasteiger partial charge is 0.303 e. The van der Waals surface area contributed by atoms with Crippen LogP contribution in [0.25, 0.3) is 0 Å². The van der Waals surface area contributed by atoms with E-state index in [0.29, 0.717) is 18.7 Å². The Morgan fingerprint density at radius 1 is 1.35 bits per heavy atom. The van der Waals surface area contributed by atoms with E-state index in [-0.39, 0.29) is 18.4 Å². The van der Waals surface area contributed by atoms with E-state index in [1.54, 1.807) is 17.3 Å². The molecule has 6 heteroatoms. The molecule has 0 atom stereocenters. The maximum absolute atomic E-state index is 12.2. The van der Waals surface area contributed by atoms with Crippen LogP contribution in [-0.4, -0.2) is 45.2 Å². The Morgan fingerprint density at radius 2 is 2.00 bits per heavy atom. The van der Waals surface area contributed by atoms with Crippen LogP contribution >= 0.6 is 11.8 Å². The summed E-state index contributed by atoms with van der Waals surface area (Å²) in [6.07, 6.45) is 3.97. The molecule has 1 heterocycles. The van der Waals surface area contributed by atoms with Gasteiger partial charge in [0.2, 0.25) is 5.91 Å². The summed E-state index contributed by atoms with van der Waals surface area (Å²) in [7, 11) is 0. The first kappa shape index (κ1) is 16.5. The number of amides is 1. The topological polar surface area (TPSA) is 70.5 Å². The molecule has 1 rings (SSSR count). The lowest BCUT2D eigenvalue weighted by molar-refractivity contribution is -0.138. The fourth-order valence-corrected chi connectivity index (χ4v) is 2.50. The predicted molar refractivity (Wildman–Crippen MR) is 78.7 cm³/mol. The van der Waals surface area contributed by atoms with E-state index < -0.39 is 5.97 Å². The van der Waals surface area contributed by atoms with Crippen LogP contribution < -0.4 is 0 Å². The van der Waals surface area contributed by atoms with Crippen molar-refractivity contribution in [3.05, 3.63) is 24.5 Å². The van der Waals surface area contributed by atoms with Crippen molar-refractivity contribution in [1.29, 1.82) is 0 Å². The standard InChI is InChI=1S/C14H20N2O3S/c1-11(2)16(9-3-4-14(18)19)13(17)10-20-12-5-7-15-8-6-12/h5-8,11H,3-4,9-10H2,1-2H3,(H,18,19). The lowest BCUT2D eigenvalue weighted by Crippen LogP contribution is -2.39. The maximum atomic E-state index is 12.2. The molecule has 0 saturated carbocycles. The molecule has 110 valence electrons. The van der Waals surface area contributed by atoms with Crippen molar-refractivity contribution >= 4 is 23.6 Å². The second-order valence-electron chi connectivity index (χ2n) is 4.65. The summed E-state index contributed by atoms with van der Waals surface area (Å²) in [5.74, 6) is -0.436. The first-order chi connectivity index (χ1) is 9.50. The molecule has 1 aromatic heterocycles. The number of carboxylic acids is 1. The molecule has 0 aliphatic heterocycles. The number of carboxylic acid groups (broad SMARTS) is 1. The van der Waals surface area contributed by atoms with E-state index in [1.807, 2.05) is 26.0 Å². The highest BCUT2D eigenvalue weighted by Crippen LogP contribution is 2.17. The molecule has 1 N–H and O–H groups in total. The molecule has 0 spiro atoms. The second-order valence-corrected chi connectivity index (χ2v) is 5.70. The Hall–Kier alpha value is -1.56. The van der Waals surface area contributed by atoms with Gasteiger partial charge in [-0.1, -0.05) is 0 Å². The highest BCUT2D eigenvalue weighted by atomic mass is 32.2. The largest absolute Gasteiger partial charge is 0.481 e. The van der Waals surface area contributed by atoms with Gasteiger partial charge in [0.15, 0.2) is 0 Å². The lowest BCUT2D eigenvalue weighted by Gasteiger charge is -2.26. The molecule has 0 unspecified atom stereocenters. The number of pyridine rings is 1. The normalized spacial score (nSPS) is 10.6. The van der Waals surface area contributed by atoms with Crippen LogP contribution in [0.3, 0.4) is 0 Å². The molecule has 0 aliphatic rings. The number of thioether (sulfide) groups is 1. The maximum Gasteiger partial charge on any atom is 0.303 e. The Kier molecular flexibility index (Phi) is 7.08. The number of nitrogens with zero attached hydrogens (tertiary/aromatic N) is 2. The fraction of sp³-hybridized carbons (Fsp3) is 0.500. The minimum atomic E-state index is -0.827. The SMILES string of the molecule is CC(C)N(CCCC(=O)O)C(=O)CSc1ccncc1. The Labute approximate surface area is 123 Å². The zero-order valence-corrected chi connectivity index (χ0v) is 12.6. The Morgan fingerprint density at radius 3 is 2.55 bits per heavy atom. The van der Waals surface area contributed by atoms with Crippen molar-refractivity contribution in [3.8, 4) is 0 Å². The van der Waals surface area contributed by atoms with Crippen molar-refractivity contribution < 1.29 is 14.7 Å². The van der Waals surface area contributed by atoms with Gasteiger partial charge in [-0.05, 0) is 32.4 Å². The highest BCUT2D eigenvalue weighted by molar-refractivity contribution is 8.00. The number of hydrogen-bond donors (Lipinski definition) is 1. The van der Waals surface area contributed by atoms with Gasteiger partial charge in [0.05, 0.1) is 5.75 Å². The molecule has 1 amide bonds. The number of carbonyl (C=O) groups is 2. The van der Waals surface area contributed by atoms with Crippen LogP contribution in [0.1, 0.15) is 26.7 Å². The number of hydrogen-bond acceptors (Lipinski definition) is 4. The van der Waals surface area contributed by atoms with E-state index in [1.165, 1.54) is 11.8 Å². The van der Waals surface area contributed by atoms with Gasteiger partial charge in [0.25, 0.3) is 0 Å². The van der Waals surface area contributed by atoms with E-state index >= 15 is 0 Å². The Balaban J connectivity index is 2.45. The molecule has 1 aromatic rings. The molecule has 0 radical (unpaired) electrons. The van der Waals surface area contributed by atoms with Crippen LogP contribution in [0.15, 0.2) is 29.4 Å². The third kappa shape index (κ3) is 6.06. The number of aromatic nitrogens is 1. The van der Waals surface area contributed by atoms with Crippen LogP contribution in [-0.2, 0) is 9.59 Å². The lowest BCUT2D eigenvalue weighted by atomic mass is 10.2. The second kappa shape index (κ2) is 8.58. The third-order valence-corrected chi connectivity index (χ3v) is 3.74. The van der Waals surface area contributed by atoms with Crippen molar-refractivity contribution in [2.24, 2.45) is 0 Å². The van der Waals surface area contributed by atoms with Crippen LogP contribution in [0.5, 0.6) is 0 Å². The van der Waals surface area contributed by atoms with Gasteiger partial charge in [0.1, 0.15) is 0 Å². The minimum absolute atomic E-state index is 0.0344. The van der Waals surface area contributed by atoms with Crippen molar-refractivity contribution in [2.75, 3.05) is 12.3 Å². The number of rotatable bonds is 8. The van der Waals surface area contributed by atoms with Crippen LogP contribution in [0.4, 0.5) is 0 Å². The van der Waals surface area contributed by atoms with Crippen LogP contribution in [0.2, 0.25) is 0 Å². The monoisotopic (exact) mass is 296 g/mol. The van der Waals surface area contributed by atoms with E-state index in [9.17, 15) is 9.59 Å². The molecule has 0 saturated heterocycles. The molecule has 0 aromatic carbocycles. The molecule has 20 heavy (non-hydrogen) atoms. The molecular formula is C14H20N2O3S. The van der Waals surface area contributed by atoms with Gasteiger partial charge in [-0.2, -0.15) is 0 Å². The zero-order valence-electron chi connectivity index (χ0n) is 11.8. The zero-order chi connectivity index (χ0) is 15.0. The van der Waals surface area contributed by atoms with Gasteiger partial charge < -0.3 is 10.0 Å². The Bertz CT molecular complexity index is 437. The van der Waals surface area contributed by atoms with E-state index in [2.05, 4.69) is 4.98 Å². The van der Waals surface area contributed by atoms with Gasteiger partial charge in [-0.25, -0.2) is 0 Å². The van der Waals surface area contributed by atoms with Gasteiger partial charge in [-0.3, -0.25) is 14.6 Å². The van der Waals surface area contributed by atoms with E-state index in [0.717, 1.165) is 4.90 Å². The van der Waals surface area contributed by atoms with Crippen molar-refractivity contribution in [3.63, 3.8) is 0 Å². The van der Waals surface area contributed by atoms with Gasteiger partial charge in [0, 0.05) is 36.3 Å².